The van der Waals surface area contributed by atoms with Gasteiger partial charge in [0.05, 0.1) is 12.2 Å². The van der Waals surface area contributed by atoms with Gasteiger partial charge in [0.15, 0.2) is 0 Å². The smallest absolute Gasteiger partial charge is 0.237 e. The third-order valence-electron chi connectivity index (χ3n) is 4.69. The molecule has 1 aliphatic heterocycles. The molecule has 0 spiro atoms. The summed E-state index contributed by atoms with van der Waals surface area (Å²) in [6, 6.07) is -0.244. The van der Waals surface area contributed by atoms with Gasteiger partial charge in [-0.1, -0.05) is 13.8 Å². The Kier molecular flexibility index (Phi) is 4.21. The number of carbonyl (C=O) groups excluding carboxylic acids is 1. The number of amides is 1. The van der Waals surface area contributed by atoms with E-state index in [9.17, 15) is 4.79 Å². The zero-order valence-electron chi connectivity index (χ0n) is 12.7. The zero-order chi connectivity index (χ0) is 14.2. The second-order valence-corrected chi connectivity index (χ2v) is 7.26. The van der Waals surface area contributed by atoms with Crippen molar-refractivity contribution < 1.29 is 9.53 Å². The lowest BCUT2D eigenvalue weighted by molar-refractivity contribution is -0.147. The first-order valence-corrected chi connectivity index (χ1v) is 7.46. The lowest BCUT2D eigenvalue weighted by atomic mass is 9.69. The molecule has 1 saturated carbocycles. The standard InChI is InChI=1S/C15H28N2O2/c1-10(2)12-5-11(6-12)7-17-9-15(3,4)19-8-13(17)14(16)18/h10-13H,5-9H2,1-4H3,(H2,16,18)/t11?,12?,13-/m0/s1. The van der Waals surface area contributed by atoms with Gasteiger partial charge in [0.1, 0.15) is 6.04 Å². The quantitative estimate of drug-likeness (QED) is 0.843. The van der Waals surface area contributed by atoms with Crippen molar-refractivity contribution in [3.05, 3.63) is 0 Å². The molecule has 1 aliphatic carbocycles. The molecule has 0 aromatic carbocycles. The van der Waals surface area contributed by atoms with E-state index in [1.165, 1.54) is 12.8 Å². The molecule has 2 rings (SSSR count). The largest absolute Gasteiger partial charge is 0.372 e. The van der Waals surface area contributed by atoms with Crippen molar-refractivity contribution in [1.29, 1.82) is 0 Å². The zero-order valence-corrected chi connectivity index (χ0v) is 12.7. The molecule has 0 radical (unpaired) electrons. The van der Waals surface area contributed by atoms with Crippen LogP contribution in [0.4, 0.5) is 0 Å². The van der Waals surface area contributed by atoms with Gasteiger partial charge in [-0.15, -0.1) is 0 Å². The molecule has 4 nitrogen and oxygen atoms in total. The van der Waals surface area contributed by atoms with Crippen LogP contribution >= 0.6 is 0 Å². The maximum Gasteiger partial charge on any atom is 0.237 e. The third-order valence-corrected chi connectivity index (χ3v) is 4.69. The van der Waals surface area contributed by atoms with Gasteiger partial charge in [-0.3, -0.25) is 9.69 Å². The molecule has 0 bridgehead atoms. The van der Waals surface area contributed by atoms with Crippen LogP contribution in [0.2, 0.25) is 0 Å². The predicted octanol–water partition coefficient (Wildman–Crippen LogP) is 1.63. The number of ether oxygens (including phenoxy) is 1. The van der Waals surface area contributed by atoms with Crippen LogP contribution in [-0.2, 0) is 9.53 Å². The van der Waals surface area contributed by atoms with Crippen molar-refractivity contribution in [3.8, 4) is 0 Å². The van der Waals surface area contributed by atoms with Crippen LogP contribution < -0.4 is 5.73 Å². The Balaban J connectivity index is 1.90. The molecule has 1 saturated heterocycles. The van der Waals surface area contributed by atoms with Gasteiger partial charge in [0.25, 0.3) is 0 Å². The summed E-state index contributed by atoms with van der Waals surface area (Å²) in [6.45, 7) is 11.0. The van der Waals surface area contributed by atoms with Gasteiger partial charge in [-0.2, -0.15) is 0 Å². The molecule has 0 unspecified atom stereocenters. The summed E-state index contributed by atoms with van der Waals surface area (Å²) >= 11 is 0. The first-order chi connectivity index (χ1) is 8.78. The third kappa shape index (κ3) is 3.48. The molecule has 1 amide bonds. The van der Waals surface area contributed by atoms with Crippen molar-refractivity contribution in [2.75, 3.05) is 19.7 Å². The number of carbonyl (C=O) groups is 1. The highest BCUT2D eigenvalue weighted by atomic mass is 16.5. The minimum atomic E-state index is -0.254. The number of hydrogen-bond acceptors (Lipinski definition) is 3. The van der Waals surface area contributed by atoms with E-state index in [0.717, 1.165) is 30.8 Å². The minimum Gasteiger partial charge on any atom is -0.372 e. The highest BCUT2D eigenvalue weighted by molar-refractivity contribution is 5.80. The van der Waals surface area contributed by atoms with Crippen molar-refractivity contribution in [3.63, 3.8) is 0 Å². The molecule has 1 atom stereocenters. The summed E-state index contributed by atoms with van der Waals surface area (Å²) in [5.41, 5.74) is 5.32. The lowest BCUT2D eigenvalue weighted by Crippen LogP contribution is -2.60. The summed E-state index contributed by atoms with van der Waals surface area (Å²) in [5, 5.41) is 0. The second-order valence-electron chi connectivity index (χ2n) is 7.26. The molecule has 110 valence electrons. The number of nitrogens with zero attached hydrogens (tertiary/aromatic N) is 1. The van der Waals surface area contributed by atoms with E-state index < -0.39 is 0 Å². The first kappa shape index (κ1) is 14.8. The Morgan fingerprint density at radius 3 is 2.58 bits per heavy atom. The van der Waals surface area contributed by atoms with Crippen molar-refractivity contribution in [1.82, 2.24) is 4.90 Å². The molecule has 2 aliphatic rings. The van der Waals surface area contributed by atoms with Crippen LogP contribution in [0, 0.1) is 17.8 Å². The minimum absolute atomic E-state index is 0.173. The fraction of sp³-hybridized carbons (Fsp3) is 0.933. The monoisotopic (exact) mass is 268 g/mol. The van der Waals surface area contributed by atoms with Crippen molar-refractivity contribution >= 4 is 5.91 Å². The summed E-state index contributed by atoms with van der Waals surface area (Å²) < 4.78 is 5.72. The summed E-state index contributed by atoms with van der Waals surface area (Å²) in [7, 11) is 0. The number of hydrogen-bond donors (Lipinski definition) is 1. The molecule has 0 aromatic rings. The Morgan fingerprint density at radius 1 is 1.42 bits per heavy atom. The molecule has 1 heterocycles. The van der Waals surface area contributed by atoms with Gasteiger partial charge in [0.2, 0.25) is 5.91 Å². The fourth-order valence-corrected chi connectivity index (χ4v) is 3.32. The van der Waals surface area contributed by atoms with E-state index in [2.05, 4.69) is 32.6 Å². The highest BCUT2D eigenvalue weighted by Crippen LogP contribution is 2.39. The van der Waals surface area contributed by atoms with E-state index in [1.54, 1.807) is 0 Å². The SMILES string of the molecule is CC(C)C1CC(CN2CC(C)(C)OC[C@H]2C(N)=O)C1. The van der Waals surface area contributed by atoms with E-state index >= 15 is 0 Å². The Hall–Kier alpha value is -0.610. The van der Waals surface area contributed by atoms with Crippen LogP contribution in [0.25, 0.3) is 0 Å². The first-order valence-electron chi connectivity index (χ1n) is 7.46. The van der Waals surface area contributed by atoms with Crippen LogP contribution in [-0.4, -0.2) is 42.1 Å². The van der Waals surface area contributed by atoms with Gasteiger partial charge >= 0.3 is 0 Å². The van der Waals surface area contributed by atoms with Gasteiger partial charge in [0, 0.05) is 13.1 Å². The van der Waals surface area contributed by atoms with Crippen molar-refractivity contribution in [2.24, 2.45) is 23.5 Å². The lowest BCUT2D eigenvalue weighted by Gasteiger charge is -2.47. The average Bonchev–Trinajstić information content (AvgIpc) is 2.20. The molecule has 2 N–H and O–H groups in total. The Labute approximate surface area is 116 Å². The number of rotatable bonds is 4. The number of primary amides is 1. The van der Waals surface area contributed by atoms with Crippen LogP contribution in [0.1, 0.15) is 40.5 Å². The van der Waals surface area contributed by atoms with E-state index in [4.69, 9.17) is 10.5 Å². The second kappa shape index (κ2) is 5.41. The normalized spacial score (nSPS) is 35.1. The fourth-order valence-electron chi connectivity index (χ4n) is 3.32. The van der Waals surface area contributed by atoms with Gasteiger partial charge < -0.3 is 10.5 Å². The molecule has 2 fully saturated rings. The van der Waals surface area contributed by atoms with Crippen LogP contribution in [0.5, 0.6) is 0 Å². The molecule has 4 heteroatoms. The Bertz CT molecular complexity index is 335. The molecule has 0 aromatic heterocycles. The summed E-state index contributed by atoms with van der Waals surface area (Å²) in [4.78, 5) is 13.8. The number of morpholine rings is 1. The maximum atomic E-state index is 11.5. The topological polar surface area (TPSA) is 55.6 Å². The molecular weight excluding hydrogens is 240 g/mol. The molecule has 19 heavy (non-hydrogen) atoms. The van der Waals surface area contributed by atoms with Crippen molar-refractivity contribution in [2.45, 2.75) is 52.2 Å². The Morgan fingerprint density at radius 2 is 2.05 bits per heavy atom. The number of nitrogens with two attached hydrogens (primary N) is 1. The average molecular weight is 268 g/mol. The van der Waals surface area contributed by atoms with E-state index in [0.29, 0.717) is 6.61 Å². The van der Waals surface area contributed by atoms with Crippen LogP contribution in [0.3, 0.4) is 0 Å². The summed E-state index contributed by atoms with van der Waals surface area (Å²) in [5.74, 6) is 2.12. The molecular formula is C15H28N2O2. The van der Waals surface area contributed by atoms with Gasteiger partial charge in [-0.25, -0.2) is 0 Å². The van der Waals surface area contributed by atoms with Crippen LogP contribution in [0.15, 0.2) is 0 Å². The predicted molar refractivity (Wildman–Crippen MR) is 75.6 cm³/mol. The summed E-state index contributed by atoms with van der Waals surface area (Å²) in [6.07, 6.45) is 2.59. The maximum absolute atomic E-state index is 11.5. The van der Waals surface area contributed by atoms with E-state index in [1.807, 2.05) is 0 Å². The van der Waals surface area contributed by atoms with Gasteiger partial charge in [-0.05, 0) is 44.4 Å². The van der Waals surface area contributed by atoms with E-state index in [-0.39, 0.29) is 17.6 Å². The highest BCUT2D eigenvalue weighted by Gasteiger charge is 2.40.